The van der Waals surface area contributed by atoms with Crippen molar-refractivity contribution in [3.63, 3.8) is 0 Å². The minimum Gasteiger partial charge on any atom is -0.326 e. The minimum atomic E-state index is -4.53. The molecule has 0 aliphatic carbocycles. The standard InChI is InChI=1S/C24H18ClF3N2O3/c25-18-9-7-15(8-10-18)21(31)11-12-22(32)29-19-5-1-3-16(13-19)23(33)30-20-6-2-4-17(14-20)24(26,27)28/h1-10,13-14H,11-12H2,(H,29,32)(H,30,33). The summed E-state index contributed by atoms with van der Waals surface area (Å²) in [5, 5.41) is 5.51. The van der Waals surface area contributed by atoms with E-state index in [-0.39, 0.29) is 29.9 Å². The van der Waals surface area contributed by atoms with Gasteiger partial charge in [-0.05, 0) is 60.7 Å². The van der Waals surface area contributed by atoms with Crippen molar-refractivity contribution >= 4 is 40.6 Å². The number of rotatable bonds is 7. The molecule has 2 amide bonds. The molecule has 2 N–H and O–H groups in total. The van der Waals surface area contributed by atoms with Gasteiger partial charge in [-0.25, -0.2) is 0 Å². The number of benzene rings is 3. The lowest BCUT2D eigenvalue weighted by Crippen LogP contribution is -2.15. The lowest BCUT2D eigenvalue weighted by molar-refractivity contribution is -0.137. The smallest absolute Gasteiger partial charge is 0.326 e. The van der Waals surface area contributed by atoms with Gasteiger partial charge in [0.25, 0.3) is 5.91 Å². The second-order valence-electron chi connectivity index (χ2n) is 7.09. The third-order valence-electron chi connectivity index (χ3n) is 4.60. The number of ketones is 1. The Balaban J connectivity index is 1.58. The Morgan fingerprint density at radius 1 is 0.758 bits per heavy atom. The molecule has 3 aromatic rings. The summed E-state index contributed by atoms with van der Waals surface area (Å²) in [4.78, 5) is 36.8. The number of nitrogens with one attached hydrogen (secondary N) is 2. The zero-order chi connectivity index (χ0) is 24.0. The monoisotopic (exact) mass is 474 g/mol. The highest BCUT2D eigenvalue weighted by molar-refractivity contribution is 6.30. The normalized spacial score (nSPS) is 11.0. The van der Waals surface area contributed by atoms with E-state index in [1.807, 2.05) is 0 Å². The average Bonchev–Trinajstić information content (AvgIpc) is 2.78. The predicted molar refractivity (Wildman–Crippen MR) is 119 cm³/mol. The first-order valence-electron chi connectivity index (χ1n) is 9.79. The van der Waals surface area contributed by atoms with E-state index in [0.29, 0.717) is 16.3 Å². The van der Waals surface area contributed by atoms with E-state index < -0.39 is 23.6 Å². The van der Waals surface area contributed by atoms with Gasteiger partial charge in [0.2, 0.25) is 5.91 Å². The van der Waals surface area contributed by atoms with Crippen LogP contribution in [0.2, 0.25) is 5.02 Å². The second kappa shape index (κ2) is 10.3. The molecule has 0 bridgehead atoms. The summed E-state index contributed by atoms with van der Waals surface area (Å²) < 4.78 is 38.5. The molecule has 0 heterocycles. The summed E-state index contributed by atoms with van der Waals surface area (Å²) in [7, 11) is 0. The molecule has 0 spiro atoms. The number of carbonyl (C=O) groups is 3. The van der Waals surface area contributed by atoms with Gasteiger partial charge >= 0.3 is 6.18 Å². The molecule has 170 valence electrons. The number of anilines is 2. The van der Waals surface area contributed by atoms with Crippen LogP contribution in [0.1, 0.15) is 39.1 Å². The van der Waals surface area contributed by atoms with Crippen LogP contribution >= 0.6 is 11.6 Å². The van der Waals surface area contributed by atoms with Crippen LogP contribution in [-0.4, -0.2) is 17.6 Å². The minimum absolute atomic E-state index is 0.00928. The van der Waals surface area contributed by atoms with Gasteiger partial charge in [0, 0.05) is 40.4 Å². The maximum Gasteiger partial charge on any atom is 0.416 e. The topological polar surface area (TPSA) is 75.3 Å². The van der Waals surface area contributed by atoms with Crippen molar-refractivity contribution in [2.75, 3.05) is 10.6 Å². The van der Waals surface area contributed by atoms with E-state index in [1.54, 1.807) is 30.3 Å². The fourth-order valence-electron chi connectivity index (χ4n) is 2.95. The molecule has 33 heavy (non-hydrogen) atoms. The van der Waals surface area contributed by atoms with Crippen molar-refractivity contribution in [2.24, 2.45) is 0 Å². The highest BCUT2D eigenvalue weighted by Crippen LogP contribution is 2.30. The molecular weight excluding hydrogens is 457 g/mol. The maximum atomic E-state index is 12.8. The van der Waals surface area contributed by atoms with Crippen LogP contribution < -0.4 is 10.6 Å². The zero-order valence-corrected chi connectivity index (χ0v) is 17.8. The van der Waals surface area contributed by atoms with Gasteiger partial charge < -0.3 is 10.6 Å². The van der Waals surface area contributed by atoms with Gasteiger partial charge in [-0.1, -0.05) is 23.7 Å². The summed E-state index contributed by atoms with van der Waals surface area (Å²) >= 11 is 5.79. The van der Waals surface area contributed by atoms with Crippen molar-refractivity contribution in [2.45, 2.75) is 19.0 Å². The van der Waals surface area contributed by atoms with E-state index >= 15 is 0 Å². The molecule has 0 fully saturated rings. The number of Topliss-reactive ketones (excluding diaryl/α,β-unsaturated/α-hetero) is 1. The van der Waals surface area contributed by atoms with Crippen molar-refractivity contribution in [3.8, 4) is 0 Å². The molecular formula is C24H18ClF3N2O3. The predicted octanol–water partition coefficient (Wildman–Crippen LogP) is 6.21. The first-order valence-corrected chi connectivity index (χ1v) is 10.2. The molecule has 0 unspecified atom stereocenters. The van der Waals surface area contributed by atoms with E-state index in [0.717, 1.165) is 12.1 Å². The fraction of sp³-hybridized carbons (Fsp3) is 0.125. The van der Waals surface area contributed by atoms with Crippen LogP contribution in [0.15, 0.2) is 72.8 Å². The number of hydrogen-bond acceptors (Lipinski definition) is 3. The number of amides is 2. The summed E-state index contributed by atoms with van der Waals surface area (Å²) in [5.74, 6) is -1.27. The second-order valence-corrected chi connectivity index (χ2v) is 7.53. The van der Waals surface area contributed by atoms with Crippen LogP contribution in [0.3, 0.4) is 0 Å². The Morgan fingerprint density at radius 2 is 1.39 bits per heavy atom. The molecule has 0 saturated carbocycles. The molecule has 5 nitrogen and oxygen atoms in total. The number of hydrogen-bond donors (Lipinski definition) is 2. The highest BCUT2D eigenvalue weighted by Gasteiger charge is 2.30. The summed E-state index contributed by atoms with van der Waals surface area (Å²) in [6.45, 7) is 0. The lowest BCUT2D eigenvalue weighted by Gasteiger charge is -2.11. The first-order chi connectivity index (χ1) is 15.6. The van der Waals surface area contributed by atoms with Gasteiger partial charge in [0.05, 0.1) is 5.56 Å². The Morgan fingerprint density at radius 3 is 2.06 bits per heavy atom. The van der Waals surface area contributed by atoms with Crippen LogP contribution in [0, 0.1) is 0 Å². The SMILES string of the molecule is O=C(CCC(=O)c1ccc(Cl)cc1)Nc1cccc(C(=O)Nc2cccc(C(F)(F)F)c2)c1. The van der Waals surface area contributed by atoms with Crippen LogP contribution in [0.25, 0.3) is 0 Å². The first kappa shape index (κ1) is 24.0. The molecule has 0 aliphatic rings. The highest BCUT2D eigenvalue weighted by atomic mass is 35.5. The van der Waals surface area contributed by atoms with Crippen molar-refractivity contribution in [1.82, 2.24) is 0 Å². The van der Waals surface area contributed by atoms with Crippen LogP contribution in [0.4, 0.5) is 24.5 Å². The van der Waals surface area contributed by atoms with E-state index in [1.165, 1.54) is 30.3 Å². The van der Waals surface area contributed by atoms with Gasteiger partial charge in [-0.3, -0.25) is 14.4 Å². The van der Waals surface area contributed by atoms with Crippen LogP contribution in [-0.2, 0) is 11.0 Å². The van der Waals surface area contributed by atoms with Crippen molar-refractivity contribution in [1.29, 1.82) is 0 Å². The molecule has 3 rings (SSSR count). The summed E-state index contributed by atoms with van der Waals surface area (Å²) in [6, 6.07) is 16.5. The number of halogens is 4. The van der Waals surface area contributed by atoms with Gasteiger partial charge in [-0.15, -0.1) is 0 Å². The van der Waals surface area contributed by atoms with E-state index in [9.17, 15) is 27.6 Å². The van der Waals surface area contributed by atoms with Crippen molar-refractivity contribution < 1.29 is 27.6 Å². The molecule has 0 radical (unpaired) electrons. The van der Waals surface area contributed by atoms with E-state index in [2.05, 4.69) is 10.6 Å². The number of alkyl halides is 3. The fourth-order valence-corrected chi connectivity index (χ4v) is 3.07. The zero-order valence-electron chi connectivity index (χ0n) is 17.1. The summed E-state index contributed by atoms with van der Waals surface area (Å²) in [6.07, 6.45) is -4.61. The van der Waals surface area contributed by atoms with Gasteiger partial charge in [0.1, 0.15) is 0 Å². The Labute approximate surface area is 192 Å². The number of carbonyl (C=O) groups excluding carboxylic acids is 3. The molecule has 3 aromatic carbocycles. The Bertz CT molecular complexity index is 1180. The molecule has 0 aromatic heterocycles. The average molecular weight is 475 g/mol. The van der Waals surface area contributed by atoms with E-state index in [4.69, 9.17) is 11.6 Å². The summed E-state index contributed by atoms with van der Waals surface area (Å²) in [5.41, 5.74) is 0.0120. The molecule has 9 heteroatoms. The lowest BCUT2D eigenvalue weighted by atomic mass is 10.1. The van der Waals surface area contributed by atoms with Gasteiger partial charge in [-0.2, -0.15) is 13.2 Å². The van der Waals surface area contributed by atoms with Crippen LogP contribution in [0.5, 0.6) is 0 Å². The third kappa shape index (κ3) is 6.92. The maximum absolute atomic E-state index is 12.8. The van der Waals surface area contributed by atoms with Crippen molar-refractivity contribution in [3.05, 3.63) is 94.5 Å². The molecule has 0 atom stereocenters. The largest absolute Gasteiger partial charge is 0.416 e. The third-order valence-corrected chi connectivity index (χ3v) is 4.85. The van der Waals surface area contributed by atoms with Gasteiger partial charge in [0.15, 0.2) is 5.78 Å². The Kier molecular flexibility index (Phi) is 7.50. The molecule has 0 aliphatic heterocycles. The molecule has 0 saturated heterocycles. The quantitative estimate of drug-likeness (QED) is 0.399. The Hall–Kier alpha value is -3.65.